The number of rotatable bonds is 6. The van der Waals surface area contributed by atoms with Crippen LogP contribution in [0.15, 0.2) is 41.4 Å². The van der Waals surface area contributed by atoms with Crippen molar-refractivity contribution in [1.29, 1.82) is 0 Å². The lowest BCUT2D eigenvalue weighted by atomic mass is 9.94. The largest absolute Gasteiger partial charge is 0.342 e. The highest BCUT2D eigenvalue weighted by atomic mass is 32.2. The molecule has 4 rings (SSSR count). The van der Waals surface area contributed by atoms with Crippen LogP contribution in [0.5, 0.6) is 0 Å². The highest BCUT2D eigenvalue weighted by molar-refractivity contribution is 8.00. The number of aryl methyl sites for hydroxylation is 2. The van der Waals surface area contributed by atoms with Crippen LogP contribution in [0.3, 0.4) is 0 Å². The Hall–Kier alpha value is -2.87. The number of benzene rings is 1. The first-order valence-electron chi connectivity index (χ1n) is 11.0. The van der Waals surface area contributed by atoms with Crippen LogP contribution < -0.4 is 5.32 Å². The first-order chi connectivity index (χ1) is 15.4. The van der Waals surface area contributed by atoms with Crippen molar-refractivity contribution in [3.63, 3.8) is 0 Å². The van der Waals surface area contributed by atoms with E-state index in [2.05, 4.69) is 15.4 Å². The molecule has 0 aliphatic heterocycles. The summed E-state index contributed by atoms with van der Waals surface area (Å²) in [7, 11) is 3.75. The Kier molecular flexibility index (Phi) is 6.79. The van der Waals surface area contributed by atoms with Crippen LogP contribution in [0.1, 0.15) is 48.2 Å². The zero-order chi connectivity index (χ0) is 22.7. The van der Waals surface area contributed by atoms with Crippen LogP contribution in [0, 0.1) is 6.92 Å². The van der Waals surface area contributed by atoms with Crippen molar-refractivity contribution in [3.05, 3.63) is 47.8 Å². The number of fused-ring (bicyclic) bond motifs is 1. The van der Waals surface area contributed by atoms with Gasteiger partial charge in [0.1, 0.15) is 0 Å². The average Bonchev–Trinajstić information content (AvgIpc) is 3.10. The molecule has 8 heteroatoms. The van der Waals surface area contributed by atoms with Crippen molar-refractivity contribution in [2.24, 2.45) is 7.05 Å². The molecule has 1 fully saturated rings. The zero-order valence-corrected chi connectivity index (χ0v) is 19.6. The summed E-state index contributed by atoms with van der Waals surface area (Å²) < 4.78 is 1.73. The standard InChI is InChI=1S/C24H29N5O2S/c1-16-20-13-17(14-25-23(20)29(3)27-16)26-24(31)19-11-7-8-12-21(19)32-15-22(30)28(2)18-9-5-4-6-10-18/h7-8,11-14,18H,4-6,9-10,15H2,1-3H3,(H,26,31). The van der Waals surface area contributed by atoms with Gasteiger partial charge in [0.15, 0.2) is 5.65 Å². The number of thioether (sulfide) groups is 1. The summed E-state index contributed by atoms with van der Waals surface area (Å²) in [5, 5.41) is 8.22. The molecule has 0 bridgehead atoms. The van der Waals surface area contributed by atoms with E-state index in [1.807, 2.05) is 50.2 Å². The number of nitrogens with one attached hydrogen (secondary N) is 1. The van der Waals surface area contributed by atoms with Gasteiger partial charge in [-0.15, -0.1) is 11.8 Å². The molecular formula is C24H29N5O2S. The van der Waals surface area contributed by atoms with Gasteiger partial charge in [0, 0.05) is 30.4 Å². The fourth-order valence-corrected chi connectivity index (χ4v) is 5.24. The lowest BCUT2D eigenvalue weighted by Gasteiger charge is -2.31. The Morgan fingerprint density at radius 2 is 1.97 bits per heavy atom. The number of anilines is 1. The summed E-state index contributed by atoms with van der Waals surface area (Å²) in [5.74, 6) is 0.211. The summed E-state index contributed by atoms with van der Waals surface area (Å²) >= 11 is 1.41. The number of pyridine rings is 1. The van der Waals surface area contributed by atoms with Crippen molar-refractivity contribution < 1.29 is 9.59 Å². The van der Waals surface area contributed by atoms with Gasteiger partial charge in [0.2, 0.25) is 5.91 Å². The van der Waals surface area contributed by atoms with Crippen LogP contribution in [0.25, 0.3) is 11.0 Å². The zero-order valence-electron chi connectivity index (χ0n) is 18.8. The van der Waals surface area contributed by atoms with E-state index in [0.29, 0.717) is 23.0 Å². The third-order valence-corrected chi connectivity index (χ3v) is 7.18. The summed E-state index contributed by atoms with van der Waals surface area (Å²) in [6.45, 7) is 1.92. The maximum absolute atomic E-state index is 13.0. The molecule has 7 nitrogen and oxygen atoms in total. The third-order valence-electron chi connectivity index (χ3n) is 6.12. The van der Waals surface area contributed by atoms with Gasteiger partial charge in [-0.05, 0) is 38.0 Å². The molecule has 3 aromatic rings. The molecule has 2 amide bonds. The number of carbonyl (C=O) groups is 2. The molecule has 0 radical (unpaired) electrons. The molecule has 1 N–H and O–H groups in total. The number of carbonyl (C=O) groups excluding carboxylic acids is 2. The molecule has 2 aromatic heterocycles. The molecule has 168 valence electrons. The van der Waals surface area contributed by atoms with E-state index in [-0.39, 0.29) is 11.8 Å². The predicted molar refractivity (Wildman–Crippen MR) is 128 cm³/mol. The molecule has 1 aromatic carbocycles. The van der Waals surface area contributed by atoms with Crippen molar-refractivity contribution in [2.75, 3.05) is 18.1 Å². The molecule has 1 aliphatic rings. The van der Waals surface area contributed by atoms with Crippen LogP contribution >= 0.6 is 11.8 Å². The van der Waals surface area contributed by atoms with Gasteiger partial charge in [-0.3, -0.25) is 14.3 Å². The lowest BCUT2D eigenvalue weighted by Crippen LogP contribution is -2.39. The predicted octanol–water partition coefficient (Wildman–Crippen LogP) is 4.41. The van der Waals surface area contributed by atoms with Gasteiger partial charge >= 0.3 is 0 Å². The molecule has 2 heterocycles. The maximum atomic E-state index is 13.0. The van der Waals surface area contributed by atoms with Gasteiger partial charge in [-0.2, -0.15) is 5.10 Å². The number of hydrogen-bond donors (Lipinski definition) is 1. The Balaban J connectivity index is 1.44. The number of hydrogen-bond acceptors (Lipinski definition) is 5. The smallest absolute Gasteiger partial charge is 0.256 e. The summed E-state index contributed by atoms with van der Waals surface area (Å²) in [6, 6.07) is 9.63. The molecule has 0 spiro atoms. The number of amides is 2. The minimum Gasteiger partial charge on any atom is -0.342 e. The van der Waals surface area contributed by atoms with Gasteiger partial charge in [0.25, 0.3) is 5.91 Å². The van der Waals surface area contributed by atoms with Crippen LogP contribution in [0.4, 0.5) is 5.69 Å². The number of aromatic nitrogens is 3. The van der Waals surface area contributed by atoms with E-state index in [1.165, 1.54) is 31.0 Å². The summed E-state index contributed by atoms with van der Waals surface area (Å²) in [4.78, 5) is 32.9. The summed E-state index contributed by atoms with van der Waals surface area (Å²) in [5.41, 5.74) is 2.81. The third kappa shape index (κ3) is 4.80. The van der Waals surface area contributed by atoms with Crippen molar-refractivity contribution in [3.8, 4) is 0 Å². The molecule has 0 saturated heterocycles. The first kappa shape index (κ1) is 22.3. The van der Waals surface area contributed by atoms with E-state index in [4.69, 9.17) is 0 Å². The van der Waals surface area contributed by atoms with Crippen molar-refractivity contribution in [1.82, 2.24) is 19.7 Å². The highest BCUT2D eigenvalue weighted by Crippen LogP contribution is 2.27. The van der Waals surface area contributed by atoms with E-state index >= 15 is 0 Å². The molecule has 0 atom stereocenters. The topological polar surface area (TPSA) is 80.1 Å². The van der Waals surface area contributed by atoms with E-state index in [1.54, 1.807) is 16.9 Å². The molecule has 32 heavy (non-hydrogen) atoms. The fraction of sp³-hybridized carbons (Fsp3) is 0.417. The lowest BCUT2D eigenvalue weighted by molar-refractivity contribution is -0.129. The van der Waals surface area contributed by atoms with E-state index in [9.17, 15) is 9.59 Å². The molecule has 1 saturated carbocycles. The maximum Gasteiger partial charge on any atom is 0.256 e. The SMILES string of the molecule is Cc1nn(C)c2ncc(NC(=O)c3ccccc3SCC(=O)N(C)C3CCCCC3)cc12. The Morgan fingerprint density at radius 3 is 2.75 bits per heavy atom. The van der Waals surface area contributed by atoms with Crippen LogP contribution in [0.2, 0.25) is 0 Å². The fourth-order valence-electron chi connectivity index (χ4n) is 4.27. The number of nitrogens with zero attached hydrogens (tertiary/aromatic N) is 4. The average molecular weight is 452 g/mol. The van der Waals surface area contributed by atoms with Gasteiger partial charge in [0.05, 0.1) is 28.9 Å². The van der Waals surface area contributed by atoms with E-state index in [0.717, 1.165) is 34.5 Å². The van der Waals surface area contributed by atoms with Crippen molar-refractivity contribution in [2.45, 2.75) is 50.0 Å². The first-order valence-corrected chi connectivity index (χ1v) is 12.0. The van der Waals surface area contributed by atoms with Gasteiger partial charge in [-0.25, -0.2) is 4.98 Å². The van der Waals surface area contributed by atoms with Crippen molar-refractivity contribution >= 4 is 40.3 Å². The molecule has 0 unspecified atom stereocenters. The second kappa shape index (κ2) is 9.73. The van der Waals surface area contributed by atoms with Gasteiger partial charge in [-0.1, -0.05) is 31.4 Å². The Morgan fingerprint density at radius 1 is 1.22 bits per heavy atom. The van der Waals surface area contributed by atoms with Crippen LogP contribution in [-0.2, 0) is 11.8 Å². The molecule has 1 aliphatic carbocycles. The Labute approximate surface area is 192 Å². The minimum atomic E-state index is -0.219. The second-order valence-corrected chi connectivity index (χ2v) is 9.36. The molecular weight excluding hydrogens is 422 g/mol. The normalized spacial score (nSPS) is 14.5. The monoisotopic (exact) mass is 451 g/mol. The van der Waals surface area contributed by atoms with Crippen LogP contribution in [-0.4, -0.2) is 50.3 Å². The highest BCUT2D eigenvalue weighted by Gasteiger charge is 2.22. The quantitative estimate of drug-likeness (QED) is 0.562. The minimum absolute atomic E-state index is 0.110. The van der Waals surface area contributed by atoms with E-state index < -0.39 is 0 Å². The second-order valence-electron chi connectivity index (χ2n) is 8.34. The summed E-state index contributed by atoms with van der Waals surface area (Å²) in [6.07, 6.45) is 7.45. The Bertz CT molecular complexity index is 1140. The van der Waals surface area contributed by atoms with Gasteiger partial charge < -0.3 is 10.2 Å².